The first-order chi connectivity index (χ1) is 11.1. The molecule has 0 saturated carbocycles. The van der Waals surface area contributed by atoms with Gasteiger partial charge in [0.05, 0.1) is 15.7 Å². The molecule has 0 bridgehead atoms. The molecule has 23 heavy (non-hydrogen) atoms. The number of benzene rings is 1. The zero-order chi connectivity index (χ0) is 16.4. The number of hydrogen-bond donors (Lipinski definition) is 1. The summed E-state index contributed by atoms with van der Waals surface area (Å²) in [5.74, 6) is 0.139. The lowest BCUT2D eigenvalue weighted by molar-refractivity contribution is 1.27. The van der Waals surface area contributed by atoms with Crippen molar-refractivity contribution >= 4 is 29.0 Å². The third kappa shape index (κ3) is 2.85. The average molecular weight is 341 g/mol. The zero-order valence-corrected chi connectivity index (χ0v) is 13.3. The number of nitrogens with two attached hydrogens (primary N) is 1. The number of hydrogen-bond acceptors (Lipinski definition) is 4. The van der Waals surface area contributed by atoms with Crippen LogP contribution in [0.15, 0.2) is 48.8 Å². The summed E-state index contributed by atoms with van der Waals surface area (Å²) < 4.78 is 0. The fourth-order valence-corrected chi connectivity index (χ4v) is 2.67. The molecule has 0 aliphatic carbocycles. The number of anilines is 1. The molecular formula is C17H10Cl2N4. The van der Waals surface area contributed by atoms with Crippen LogP contribution in [0.2, 0.25) is 10.0 Å². The summed E-state index contributed by atoms with van der Waals surface area (Å²) in [6.07, 6.45) is 3.35. The van der Waals surface area contributed by atoms with E-state index in [1.54, 1.807) is 42.7 Å². The quantitative estimate of drug-likeness (QED) is 0.741. The van der Waals surface area contributed by atoms with Crippen LogP contribution in [0.3, 0.4) is 0 Å². The van der Waals surface area contributed by atoms with Crippen molar-refractivity contribution in [3.8, 4) is 28.5 Å². The van der Waals surface area contributed by atoms with Crippen molar-refractivity contribution in [3.05, 3.63) is 64.4 Å². The predicted octanol–water partition coefficient (Wildman–Crippen LogP) is 4.57. The highest BCUT2D eigenvalue weighted by atomic mass is 35.5. The van der Waals surface area contributed by atoms with Gasteiger partial charge in [0, 0.05) is 29.1 Å². The van der Waals surface area contributed by atoms with E-state index in [4.69, 9.17) is 28.9 Å². The van der Waals surface area contributed by atoms with Gasteiger partial charge >= 0.3 is 0 Å². The third-order valence-corrected chi connectivity index (χ3v) is 4.18. The molecule has 0 amide bonds. The van der Waals surface area contributed by atoms with E-state index in [1.165, 1.54) is 0 Å². The van der Waals surface area contributed by atoms with Gasteiger partial charge in [-0.25, -0.2) is 4.98 Å². The maximum absolute atomic E-state index is 9.42. The van der Waals surface area contributed by atoms with Crippen LogP contribution in [0, 0.1) is 11.3 Å². The number of nitrogens with zero attached hydrogens (tertiary/aromatic N) is 3. The first kappa shape index (κ1) is 15.3. The zero-order valence-electron chi connectivity index (χ0n) is 11.8. The normalized spacial score (nSPS) is 10.3. The number of pyridine rings is 2. The molecule has 3 rings (SSSR count). The Labute approximate surface area is 143 Å². The van der Waals surface area contributed by atoms with Gasteiger partial charge in [0.2, 0.25) is 0 Å². The van der Waals surface area contributed by atoms with Crippen molar-refractivity contribution in [3.63, 3.8) is 0 Å². The Morgan fingerprint density at radius 3 is 2.61 bits per heavy atom. The second kappa shape index (κ2) is 6.25. The van der Waals surface area contributed by atoms with Crippen molar-refractivity contribution in [1.29, 1.82) is 5.26 Å². The van der Waals surface area contributed by atoms with Crippen molar-refractivity contribution in [2.75, 3.05) is 5.73 Å². The van der Waals surface area contributed by atoms with E-state index in [2.05, 4.69) is 16.0 Å². The molecule has 0 atom stereocenters. The molecule has 4 nitrogen and oxygen atoms in total. The van der Waals surface area contributed by atoms with E-state index in [0.717, 1.165) is 5.56 Å². The summed E-state index contributed by atoms with van der Waals surface area (Å²) in [4.78, 5) is 8.37. The van der Waals surface area contributed by atoms with E-state index >= 15 is 0 Å². The number of halogens is 2. The van der Waals surface area contributed by atoms with E-state index < -0.39 is 0 Å². The minimum Gasteiger partial charge on any atom is -0.383 e. The Hall–Kier alpha value is -2.61. The topological polar surface area (TPSA) is 75.6 Å². The molecule has 2 heterocycles. The highest BCUT2D eigenvalue weighted by molar-refractivity contribution is 6.43. The van der Waals surface area contributed by atoms with Crippen molar-refractivity contribution < 1.29 is 0 Å². The SMILES string of the molecule is N#Cc1c(-c2cccc(Cl)c2Cl)cc(-c2cccnc2)nc1N. The minimum absolute atomic E-state index is 0.139. The van der Waals surface area contributed by atoms with Crippen molar-refractivity contribution in [2.24, 2.45) is 0 Å². The molecule has 0 aliphatic heterocycles. The van der Waals surface area contributed by atoms with E-state index in [1.807, 2.05) is 6.07 Å². The number of aromatic nitrogens is 2. The Kier molecular flexibility index (Phi) is 4.16. The molecule has 0 unspecified atom stereocenters. The average Bonchev–Trinajstić information content (AvgIpc) is 2.57. The van der Waals surface area contributed by atoms with Gasteiger partial charge in [0.15, 0.2) is 0 Å². The van der Waals surface area contributed by atoms with Crippen LogP contribution in [-0.4, -0.2) is 9.97 Å². The van der Waals surface area contributed by atoms with Gasteiger partial charge in [-0.3, -0.25) is 4.98 Å². The van der Waals surface area contributed by atoms with Crippen LogP contribution in [0.5, 0.6) is 0 Å². The Morgan fingerprint density at radius 1 is 1.09 bits per heavy atom. The fraction of sp³-hybridized carbons (Fsp3) is 0. The summed E-state index contributed by atoms with van der Waals surface area (Å²) in [6, 6.07) is 12.8. The molecule has 0 saturated heterocycles. The molecule has 0 fully saturated rings. The van der Waals surface area contributed by atoms with Gasteiger partial charge in [-0.2, -0.15) is 5.26 Å². The first-order valence-corrected chi connectivity index (χ1v) is 7.43. The Balaban J connectivity index is 2.29. The lowest BCUT2D eigenvalue weighted by Crippen LogP contribution is -2.00. The van der Waals surface area contributed by atoms with E-state index in [0.29, 0.717) is 26.9 Å². The van der Waals surface area contributed by atoms with Crippen LogP contribution < -0.4 is 5.73 Å². The number of nitriles is 1. The van der Waals surface area contributed by atoms with Gasteiger partial charge in [0.25, 0.3) is 0 Å². The second-order valence-electron chi connectivity index (χ2n) is 4.77. The highest BCUT2D eigenvalue weighted by Gasteiger charge is 2.16. The lowest BCUT2D eigenvalue weighted by Gasteiger charge is -2.12. The molecule has 0 spiro atoms. The van der Waals surface area contributed by atoms with Crippen LogP contribution in [0.4, 0.5) is 5.82 Å². The highest BCUT2D eigenvalue weighted by Crippen LogP contribution is 2.37. The molecule has 2 N–H and O–H groups in total. The van der Waals surface area contributed by atoms with Crippen LogP contribution in [-0.2, 0) is 0 Å². The van der Waals surface area contributed by atoms with Gasteiger partial charge in [-0.05, 0) is 24.3 Å². The summed E-state index contributed by atoms with van der Waals surface area (Å²) in [5, 5.41) is 10.2. The smallest absolute Gasteiger partial charge is 0.142 e. The molecule has 2 aromatic heterocycles. The minimum atomic E-state index is 0.139. The number of rotatable bonds is 2. The molecule has 1 aromatic carbocycles. The standard InChI is InChI=1S/C17H10Cl2N4/c18-14-5-1-4-11(16(14)19)12-7-15(10-3-2-6-22-9-10)23-17(21)13(12)8-20/h1-7,9H,(H2,21,23). The van der Waals surface area contributed by atoms with Gasteiger partial charge in [-0.1, -0.05) is 35.3 Å². The predicted molar refractivity (Wildman–Crippen MR) is 92.1 cm³/mol. The summed E-state index contributed by atoms with van der Waals surface area (Å²) in [6.45, 7) is 0. The summed E-state index contributed by atoms with van der Waals surface area (Å²) in [5.41, 5.74) is 8.86. The van der Waals surface area contributed by atoms with Crippen molar-refractivity contribution in [2.45, 2.75) is 0 Å². The third-order valence-electron chi connectivity index (χ3n) is 3.36. The largest absolute Gasteiger partial charge is 0.383 e. The molecule has 0 aliphatic rings. The first-order valence-electron chi connectivity index (χ1n) is 6.67. The summed E-state index contributed by atoms with van der Waals surface area (Å²) >= 11 is 12.4. The number of nitrogen functional groups attached to an aromatic ring is 1. The van der Waals surface area contributed by atoms with Crippen LogP contribution >= 0.6 is 23.2 Å². The van der Waals surface area contributed by atoms with E-state index in [9.17, 15) is 5.26 Å². The van der Waals surface area contributed by atoms with Gasteiger partial charge in [-0.15, -0.1) is 0 Å². The van der Waals surface area contributed by atoms with Crippen LogP contribution in [0.1, 0.15) is 5.56 Å². The molecule has 6 heteroatoms. The van der Waals surface area contributed by atoms with Gasteiger partial charge < -0.3 is 5.73 Å². The van der Waals surface area contributed by atoms with Crippen molar-refractivity contribution in [1.82, 2.24) is 9.97 Å². The molecular weight excluding hydrogens is 331 g/mol. The summed E-state index contributed by atoms with van der Waals surface area (Å²) in [7, 11) is 0. The molecule has 112 valence electrons. The molecule has 3 aromatic rings. The second-order valence-corrected chi connectivity index (χ2v) is 5.56. The fourth-order valence-electron chi connectivity index (χ4n) is 2.27. The lowest BCUT2D eigenvalue weighted by atomic mass is 9.99. The van der Waals surface area contributed by atoms with E-state index in [-0.39, 0.29) is 11.4 Å². The Morgan fingerprint density at radius 2 is 1.91 bits per heavy atom. The molecule has 0 radical (unpaired) electrons. The maximum Gasteiger partial charge on any atom is 0.142 e. The maximum atomic E-state index is 9.42. The Bertz CT molecular complexity index is 918. The van der Waals surface area contributed by atoms with Crippen LogP contribution in [0.25, 0.3) is 22.4 Å². The van der Waals surface area contributed by atoms with Gasteiger partial charge in [0.1, 0.15) is 17.5 Å². The monoisotopic (exact) mass is 340 g/mol.